The summed E-state index contributed by atoms with van der Waals surface area (Å²) in [6, 6.07) is 5.25. The van der Waals surface area contributed by atoms with Gasteiger partial charge in [-0.15, -0.1) is 0 Å². The van der Waals surface area contributed by atoms with E-state index in [2.05, 4.69) is 28.3 Å². The number of halogens is 2. The van der Waals surface area contributed by atoms with Crippen LogP contribution in [0.5, 0.6) is 5.75 Å². The van der Waals surface area contributed by atoms with Crippen molar-refractivity contribution in [2.75, 3.05) is 31.1 Å². The van der Waals surface area contributed by atoms with Gasteiger partial charge in [-0.2, -0.15) is 4.98 Å². The summed E-state index contributed by atoms with van der Waals surface area (Å²) in [5.41, 5.74) is 0.239. The van der Waals surface area contributed by atoms with Crippen LogP contribution in [0.3, 0.4) is 0 Å². The third-order valence-electron chi connectivity index (χ3n) is 7.68. The van der Waals surface area contributed by atoms with Crippen LogP contribution < -0.4 is 15.3 Å². The monoisotopic (exact) mass is 600 g/mol. The van der Waals surface area contributed by atoms with Crippen LogP contribution in [-0.4, -0.2) is 64.3 Å². The molecule has 2 aliphatic rings. The fourth-order valence-electron chi connectivity index (χ4n) is 5.70. The molecule has 0 spiro atoms. The molecule has 2 bridgehead atoms. The topological polar surface area (TPSA) is 92.9 Å². The Kier molecular flexibility index (Phi) is 8.84. The molecule has 1 aromatic carbocycles. The van der Waals surface area contributed by atoms with E-state index in [1.807, 2.05) is 37.8 Å². The summed E-state index contributed by atoms with van der Waals surface area (Å²) in [5, 5.41) is 0.266. The summed E-state index contributed by atoms with van der Waals surface area (Å²) in [7, 11) is 0. The Hall–Kier alpha value is -4.93. The first-order chi connectivity index (χ1) is 21.2. The van der Waals surface area contributed by atoms with Crippen LogP contribution in [0.15, 0.2) is 76.7 Å². The van der Waals surface area contributed by atoms with Gasteiger partial charge in [-0.3, -0.25) is 9.79 Å². The van der Waals surface area contributed by atoms with E-state index in [1.54, 1.807) is 17.0 Å². The van der Waals surface area contributed by atoms with Crippen LogP contribution in [0, 0.1) is 17.6 Å². The number of carbonyl (C=O) groups is 1. The van der Waals surface area contributed by atoms with Crippen molar-refractivity contribution in [3.63, 3.8) is 0 Å². The highest BCUT2D eigenvalue weighted by molar-refractivity contribution is 5.92. The van der Waals surface area contributed by atoms with Crippen molar-refractivity contribution >= 4 is 35.2 Å². The molecule has 2 aliphatic heterocycles. The molecule has 3 aromatic rings. The first kappa shape index (κ1) is 30.5. The number of carbonyl (C=O) groups excluding carboxylic acids is 1. The van der Waals surface area contributed by atoms with Gasteiger partial charge in [0.05, 0.1) is 17.6 Å². The summed E-state index contributed by atoms with van der Waals surface area (Å²) in [6.07, 6.45) is 8.68. The third kappa shape index (κ3) is 5.69. The molecule has 1 saturated heterocycles. The van der Waals surface area contributed by atoms with E-state index in [0.717, 1.165) is 0 Å². The van der Waals surface area contributed by atoms with Crippen LogP contribution in [0.25, 0.3) is 28.0 Å². The number of fused-ring (bicyclic) bond motifs is 3. The van der Waals surface area contributed by atoms with Crippen molar-refractivity contribution in [1.82, 2.24) is 19.4 Å². The number of aliphatic imine (C=N–C) groups is 1. The lowest BCUT2D eigenvalue weighted by molar-refractivity contribution is -0.126. The van der Waals surface area contributed by atoms with Gasteiger partial charge >= 0.3 is 5.69 Å². The molecule has 5 rings (SSSR count). The van der Waals surface area contributed by atoms with Gasteiger partial charge in [0.1, 0.15) is 23.1 Å². The van der Waals surface area contributed by atoms with E-state index < -0.39 is 17.3 Å². The summed E-state index contributed by atoms with van der Waals surface area (Å²) >= 11 is 0. The van der Waals surface area contributed by atoms with E-state index in [-0.39, 0.29) is 58.3 Å². The second kappa shape index (κ2) is 12.7. The van der Waals surface area contributed by atoms with Crippen molar-refractivity contribution in [2.24, 2.45) is 10.9 Å². The summed E-state index contributed by atoms with van der Waals surface area (Å²) in [6.45, 7) is 14.1. The number of pyridine rings is 1. The first-order valence-electron chi connectivity index (χ1n) is 14.4. The van der Waals surface area contributed by atoms with Crippen molar-refractivity contribution in [2.45, 2.75) is 33.2 Å². The molecule has 0 N–H and O–H groups in total. The molecular formula is C33H34F2N6O3. The second-order valence-electron chi connectivity index (χ2n) is 10.9. The maximum absolute atomic E-state index is 16.1. The number of nitrogens with zero attached hydrogens (tertiary/aromatic N) is 6. The average molecular weight is 601 g/mol. The third-order valence-corrected chi connectivity index (χ3v) is 7.68. The van der Waals surface area contributed by atoms with Crippen LogP contribution in [0.2, 0.25) is 0 Å². The molecule has 1 amide bonds. The minimum atomic E-state index is -0.798. The number of benzene rings is 1. The molecule has 228 valence electrons. The molecule has 44 heavy (non-hydrogen) atoms. The Morgan fingerprint density at radius 3 is 2.70 bits per heavy atom. The maximum atomic E-state index is 16.1. The number of piperazine rings is 1. The summed E-state index contributed by atoms with van der Waals surface area (Å²) in [4.78, 5) is 42.9. The quantitative estimate of drug-likeness (QED) is 0.289. The molecule has 4 heterocycles. The predicted octanol–water partition coefficient (Wildman–Crippen LogP) is 5.38. The number of hydrogen-bond donors (Lipinski definition) is 0. The predicted molar refractivity (Wildman–Crippen MR) is 169 cm³/mol. The lowest BCUT2D eigenvalue weighted by Gasteiger charge is -2.40. The molecule has 1 fully saturated rings. The minimum Gasteiger partial charge on any atom is -0.492 e. The highest BCUT2D eigenvalue weighted by atomic mass is 19.1. The highest BCUT2D eigenvalue weighted by Gasteiger charge is 2.31. The number of rotatable bonds is 5. The van der Waals surface area contributed by atoms with E-state index in [0.29, 0.717) is 37.3 Å². The van der Waals surface area contributed by atoms with Gasteiger partial charge in [-0.05, 0) is 61.9 Å². The minimum absolute atomic E-state index is 0.108. The summed E-state index contributed by atoms with van der Waals surface area (Å²) in [5.74, 6) is -1.57. The average Bonchev–Trinajstić information content (AvgIpc) is 3.00. The Bertz CT molecular complexity index is 1790. The molecule has 2 aromatic heterocycles. The molecule has 9 nitrogen and oxygen atoms in total. The normalized spacial score (nSPS) is 18.1. The largest absolute Gasteiger partial charge is 0.492 e. The number of allylic oxidation sites excluding steroid dienone is 4. The van der Waals surface area contributed by atoms with E-state index in [1.165, 1.54) is 35.0 Å². The van der Waals surface area contributed by atoms with Gasteiger partial charge in [-0.1, -0.05) is 38.6 Å². The Morgan fingerprint density at radius 1 is 1.20 bits per heavy atom. The lowest BCUT2D eigenvalue weighted by atomic mass is 10.0. The van der Waals surface area contributed by atoms with Gasteiger partial charge in [-0.25, -0.2) is 23.1 Å². The lowest BCUT2D eigenvalue weighted by Crippen LogP contribution is -2.54. The Balaban J connectivity index is 1.87. The van der Waals surface area contributed by atoms with Crippen molar-refractivity contribution in [3.05, 3.63) is 89.0 Å². The smallest absolute Gasteiger partial charge is 0.355 e. The van der Waals surface area contributed by atoms with Crippen molar-refractivity contribution < 1.29 is 18.3 Å². The molecular weight excluding hydrogens is 566 g/mol. The number of anilines is 1. The van der Waals surface area contributed by atoms with Crippen LogP contribution >= 0.6 is 0 Å². The molecule has 0 aliphatic carbocycles. The number of ether oxygens (including phenoxy) is 1. The summed E-state index contributed by atoms with van der Waals surface area (Å²) < 4.78 is 38.8. The molecule has 0 unspecified atom stereocenters. The number of aromatic nitrogens is 3. The van der Waals surface area contributed by atoms with Gasteiger partial charge in [0.25, 0.3) is 0 Å². The van der Waals surface area contributed by atoms with Crippen molar-refractivity contribution in [1.29, 1.82) is 0 Å². The standard InChI is InChI=1S/C33H34F2N6O3/c1-6-27(42)39-15-16-40(21(4)19-39)31-23-18-25(35)29-28-24(34)11-9-12-26(28)44-17-8-7-10-22(13-14-36-5)30(20(2)3)41(32(23)37-29)33(43)38-31/h6-7,9-14,18,20-21H,1,5,8,15-17,19H2,2-4H3/b10-7+,14-13-,30-22?/t21-/m0/s1. The fraction of sp³-hybridized carbons (Fsp3) is 0.303. The molecule has 0 saturated carbocycles. The highest BCUT2D eigenvalue weighted by Crippen LogP contribution is 2.37. The van der Waals surface area contributed by atoms with Crippen LogP contribution in [0.4, 0.5) is 14.6 Å². The SMILES string of the molecule is C=CC(=O)N1CCN(c2nc(=O)n3c4nc(c(F)cc24)-c2c(F)cccc2OCC/C=C/C(/C=C\N=C)=C3C(C)C)[C@@H](C)C1. The zero-order valence-corrected chi connectivity index (χ0v) is 25.0. The van der Waals surface area contributed by atoms with E-state index in [9.17, 15) is 9.59 Å². The Morgan fingerprint density at radius 2 is 2.00 bits per heavy atom. The Labute approximate surface area is 254 Å². The van der Waals surface area contributed by atoms with Gasteiger partial charge < -0.3 is 14.5 Å². The number of amides is 1. The zero-order valence-electron chi connectivity index (χ0n) is 25.0. The van der Waals surface area contributed by atoms with E-state index >= 15 is 8.78 Å². The maximum Gasteiger partial charge on any atom is 0.355 e. The van der Waals surface area contributed by atoms with Crippen LogP contribution in [0.1, 0.15) is 27.2 Å². The first-order valence-corrected chi connectivity index (χ1v) is 14.4. The van der Waals surface area contributed by atoms with Gasteiger partial charge in [0.15, 0.2) is 11.5 Å². The molecule has 11 heteroatoms. The molecule has 1 atom stereocenters. The van der Waals surface area contributed by atoms with Crippen LogP contribution in [-0.2, 0) is 4.79 Å². The molecule has 0 radical (unpaired) electrons. The zero-order chi connectivity index (χ0) is 31.5. The van der Waals surface area contributed by atoms with Crippen molar-refractivity contribution in [3.8, 4) is 17.0 Å². The number of hydrogen-bond acceptors (Lipinski definition) is 7. The second-order valence-corrected chi connectivity index (χ2v) is 10.9. The van der Waals surface area contributed by atoms with E-state index in [4.69, 9.17) is 4.74 Å². The fourth-order valence-corrected chi connectivity index (χ4v) is 5.70. The van der Waals surface area contributed by atoms with Gasteiger partial charge in [0.2, 0.25) is 5.91 Å². The van der Waals surface area contributed by atoms with Gasteiger partial charge in [0, 0.05) is 37.6 Å².